The molecular formula is C22H21F5N4O2S. The molecule has 0 spiro atoms. The minimum Gasteiger partial charge on any atom is -0.481 e. The summed E-state index contributed by atoms with van der Waals surface area (Å²) in [6.45, 7) is 1.49. The number of fused-ring (bicyclic) bond motifs is 1. The summed E-state index contributed by atoms with van der Waals surface area (Å²) in [6.07, 6.45) is 2.60. The third-order valence-electron chi connectivity index (χ3n) is 5.56. The SMILES string of the molecule is CC(C)n1cc(N2CC(F)(F)C(F)(F)C2)c2nc(SCc3ccc(F)c(CC(=O)O)c3)ncc21. The molecule has 1 N–H and O–H groups in total. The Labute approximate surface area is 195 Å². The number of hydrogen-bond donors (Lipinski definition) is 1. The van der Waals surface area contributed by atoms with E-state index in [0.29, 0.717) is 16.8 Å². The van der Waals surface area contributed by atoms with Gasteiger partial charge in [-0.1, -0.05) is 23.9 Å². The summed E-state index contributed by atoms with van der Waals surface area (Å²) in [6, 6.07) is 4.06. The Balaban J connectivity index is 1.63. The number of anilines is 1. The first kappa shape index (κ1) is 24.2. The predicted octanol–water partition coefficient (Wildman–Crippen LogP) is 5.16. The van der Waals surface area contributed by atoms with Crippen molar-refractivity contribution >= 4 is 34.5 Å². The lowest BCUT2D eigenvalue weighted by molar-refractivity contribution is -0.172. The molecule has 1 aromatic carbocycles. The van der Waals surface area contributed by atoms with Crippen LogP contribution in [0.4, 0.5) is 27.6 Å². The molecule has 0 saturated carbocycles. The van der Waals surface area contributed by atoms with E-state index < -0.39 is 43.1 Å². The van der Waals surface area contributed by atoms with Gasteiger partial charge in [0.25, 0.3) is 0 Å². The van der Waals surface area contributed by atoms with E-state index in [-0.39, 0.29) is 28.0 Å². The van der Waals surface area contributed by atoms with E-state index in [4.69, 9.17) is 5.11 Å². The monoisotopic (exact) mass is 500 g/mol. The van der Waals surface area contributed by atoms with Crippen molar-refractivity contribution in [2.75, 3.05) is 18.0 Å². The van der Waals surface area contributed by atoms with Gasteiger partial charge in [-0.3, -0.25) is 4.79 Å². The van der Waals surface area contributed by atoms with Crippen molar-refractivity contribution in [3.05, 3.63) is 47.5 Å². The van der Waals surface area contributed by atoms with Gasteiger partial charge >= 0.3 is 17.8 Å². The number of rotatable bonds is 7. The third kappa shape index (κ3) is 4.55. The van der Waals surface area contributed by atoms with Crippen molar-refractivity contribution in [2.45, 2.75) is 49.1 Å². The molecule has 1 saturated heterocycles. The molecule has 12 heteroatoms. The molecule has 0 amide bonds. The van der Waals surface area contributed by atoms with Gasteiger partial charge in [-0.15, -0.1) is 0 Å². The first-order valence-electron chi connectivity index (χ1n) is 10.4. The van der Waals surface area contributed by atoms with Crippen molar-refractivity contribution in [1.82, 2.24) is 14.5 Å². The second-order valence-corrected chi connectivity index (χ2v) is 9.39. The standard InChI is InChI=1S/C22H21F5N4O2S/c1-12(2)31-8-17(30-10-21(24,25)22(26,27)11-30)19-16(31)7-28-20(29-19)34-9-13-3-4-15(23)14(5-13)6-18(32)33/h3-5,7-8,12H,6,9-11H2,1-2H3,(H,32,33). The zero-order chi connectivity index (χ0) is 24.8. The molecule has 0 aliphatic carbocycles. The Hall–Kier alpha value is -2.89. The Bertz CT molecular complexity index is 1230. The summed E-state index contributed by atoms with van der Waals surface area (Å²) in [5.41, 5.74) is 1.68. The average Bonchev–Trinajstić information content (AvgIpc) is 3.21. The molecule has 3 heterocycles. The molecule has 0 atom stereocenters. The van der Waals surface area contributed by atoms with Crippen LogP contribution in [0.2, 0.25) is 0 Å². The molecule has 1 aliphatic rings. The summed E-state index contributed by atoms with van der Waals surface area (Å²) >= 11 is 1.17. The van der Waals surface area contributed by atoms with Gasteiger partial charge in [0.15, 0.2) is 5.16 Å². The summed E-state index contributed by atoms with van der Waals surface area (Å²) in [5.74, 6) is -9.79. The van der Waals surface area contributed by atoms with Crippen molar-refractivity contribution in [3.63, 3.8) is 0 Å². The molecule has 1 aliphatic heterocycles. The molecule has 0 unspecified atom stereocenters. The van der Waals surface area contributed by atoms with E-state index >= 15 is 0 Å². The minimum atomic E-state index is -4.15. The molecular weight excluding hydrogens is 479 g/mol. The zero-order valence-corrected chi connectivity index (χ0v) is 19.1. The predicted molar refractivity (Wildman–Crippen MR) is 117 cm³/mol. The van der Waals surface area contributed by atoms with Crippen molar-refractivity contribution in [2.24, 2.45) is 0 Å². The Morgan fingerprint density at radius 2 is 1.88 bits per heavy atom. The number of carboxylic acids is 1. The zero-order valence-electron chi connectivity index (χ0n) is 18.2. The number of alkyl halides is 4. The van der Waals surface area contributed by atoms with Gasteiger partial charge in [-0.25, -0.2) is 14.4 Å². The summed E-state index contributed by atoms with van der Waals surface area (Å²) in [7, 11) is 0. The van der Waals surface area contributed by atoms with Crippen LogP contribution in [0.1, 0.15) is 31.0 Å². The second-order valence-electron chi connectivity index (χ2n) is 8.45. The molecule has 6 nitrogen and oxygen atoms in total. The van der Waals surface area contributed by atoms with Crippen LogP contribution in [-0.4, -0.2) is 50.5 Å². The van der Waals surface area contributed by atoms with Crippen molar-refractivity contribution in [1.29, 1.82) is 0 Å². The quantitative estimate of drug-likeness (QED) is 0.275. The molecule has 4 rings (SSSR count). The maximum Gasteiger partial charge on any atom is 0.329 e. The fraction of sp³-hybridized carbons (Fsp3) is 0.409. The number of hydrogen-bond acceptors (Lipinski definition) is 5. The minimum absolute atomic E-state index is 0.0501. The number of carboxylic acid groups (broad SMARTS) is 1. The van der Waals surface area contributed by atoms with Crippen LogP contribution in [0.3, 0.4) is 0 Å². The highest BCUT2D eigenvalue weighted by atomic mass is 32.2. The average molecular weight is 500 g/mol. The molecule has 0 bridgehead atoms. The first-order chi connectivity index (χ1) is 15.9. The van der Waals surface area contributed by atoms with Gasteiger partial charge in [0.05, 0.1) is 36.9 Å². The normalized spacial score (nSPS) is 17.1. The summed E-state index contributed by atoms with van der Waals surface area (Å²) in [4.78, 5) is 20.6. The lowest BCUT2D eigenvalue weighted by Gasteiger charge is -2.15. The number of aliphatic carboxylic acids is 1. The Morgan fingerprint density at radius 1 is 1.21 bits per heavy atom. The number of aromatic nitrogens is 3. The Kier molecular flexibility index (Phi) is 6.21. The van der Waals surface area contributed by atoms with Crippen LogP contribution in [-0.2, 0) is 17.0 Å². The van der Waals surface area contributed by atoms with Crippen LogP contribution >= 0.6 is 11.8 Å². The van der Waals surface area contributed by atoms with Crippen molar-refractivity contribution in [3.8, 4) is 0 Å². The van der Waals surface area contributed by atoms with E-state index in [0.717, 1.165) is 4.90 Å². The lowest BCUT2D eigenvalue weighted by Crippen LogP contribution is -2.38. The maximum atomic E-state index is 13.9. The number of benzene rings is 1. The summed E-state index contributed by atoms with van der Waals surface area (Å²) in [5, 5.41) is 9.20. The topological polar surface area (TPSA) is 71.2 Å². The van der Waals surface area contributed by atoms with Crippen LogP contribution in [0, 0.1) is 5.82 Å². The third-order valence-corrected chi connectivity index (χ3v) is 6.49. The fourth-order valence-corrected chi connectivity index (χ4v) is 4.59. The lowest BCUT2D eigenvalue weighted by atomic mass is 10.1. The van der Waals surface area contributed by atoms with E-state index in [9.17, 15) is 26.7 Å². The first-order valence-corrected chi connectivity index (χ1v) is 11.4. The summed E-state index contributed by atoms with van der Waals surface area (Å²) < 4.78 is 71.0. The van der Waals surface area contributed by atoms with Gasteiger partial charge in [-0.2, -0.15) is 17.6 Å². The van der Waals surface area contributed by atoms with Crippen LogP contribution in [0.25, 0.3) is 11.0 Å². The largest absolute Gasteiger partial charge is 0.481 e. The number of halogens is 5. The smallest absolute Gasteiger partial charge is 0.329 e. The van der Waals surface area contributed by atoms with Crippen LogP contribution in [0.15, 0.2) is 35.7 Å². The van der Waals surface area contributed by atoms with Gasteiger partial charge in [-0.05, 0) is 31.0 Å². The molecule has 1 fully saturated rings. The number of thioether (sulfide) groups is 1. The molecule has 2 aromatic heterocycles. The highest BCUT2D eigenvalue weighted by molar-refractivity contribution is 7.98. The van der Waals surface area contributed by atoms with Gasteiger partial charge < -0.3 is 14.6 Å². The van der Waals surface area contributed by atoms with Gasteiger partial charge in [0.1, 0.15) is 11.3 Å². The molecule has 0 radical (unpaired) electrons. The van der Waals surface area contributed by atoms with E-state index in [1.54, 1.807) is 4.57 Å². The van der Waals surface area contributed by atoms with Crippen molar-refractivity contribution < 1.29 is 31.9 Å². The van der Waals surface area contributed by atoms with Crippen LogP contribution < -0.4 is 4.90 Å². The molecule has 182 valence electrons. The fourth-order valence-electron chi connectivity index (χ4n) is 3.83. The highest BCUT2D eigenvalue weighted by Gasteiger charge is 2.63. The number of nitrogens with zero attached hydrogens (tertiary/aromatic N) is 4. The highest BCUT2D eigenvalue weighted by Crippen LogP contribution is 2.44. The molecule has 34 heavy (non-hydrogen) atoms. The van der Waals surface area contributed by atoms with E-state index in [1.165, 1.54) is 42.4 Å². The van der Waals surface area contributed by atoms with E-state index in [1.807, 2.05) is 13.8 Å². The maximum absolute atomic E-state index is 13.9. The second kappa shape index (κ2) is 8.71. The van der Waals surface area contributed by atoms with Gasteiger partial charge in [0.2, 0.25) is 0 Å². The molecule has 3 aromatic rings. The van der Waals surface area contributed by atoms with E-state index in [2.05, 4.69) is 9.97 Å². The Morgan fingerprint density at radius 3 is 2.50 bits per heavy atom. The van der Waals surface area contributed by atoms with Crippen LogP contribution in [0.5, 0.6) is 0 Å². The number of carbonyl (C=O) groups is 1. The van der Waals surface area contributed by atoms with Gasteiger partial charge in [0, 0.05) is 18.0 Å².